The molecular formula is C24H34N4O5S. The first-order valence-electron chi connectivity index (χ1n) is 12.2. The minimum Gasteiger partial charge on any atom is -0.324 e. The molecule has 1 aliphatic carbocycles. The molecule has 10 heteroatoms. The van der Waals surface area contributed by atoms with Gasteiger partial charge in [-0.05, 0) is 69.1 Å². The minimum atomic E-state index is -3.66. The molecule has 2 heterocycles. The third kappa shape index (κ3) is 4.70. The van der Waals surface area contributed by atoms with Crippen molar-refractivity contribution in [2.24, 2.45) is 5.92 Å². The van der Waals surface area contributed by atoms with Gasteiger partial charge in [0.25, 0.3) is 5.91 Å². The van der Waals surface area contributed by atoms with Crippen LogP contribution in [0, 0.1) is 12.8 Å². The molecule has 186 valence electrons. The van der Waals surface area contributed by atoms with Gasteiger partial charge in [0.1, 0.15) is 12.1 Å². The lowest BCUT2D eigenvalue weighted by atomic mass is 9.75. The average Bonchev–Trinajstić information content (AvgIpc) is 3.05. The van der Waals surface area contributed by atoms with Gasteiger partial charge >= 0.3 is 6.03 Å². The molecule has 1 saturated carbocycles. The molecule has 1 aromatic carbocycles. The number of aryl methyl sites for hydroxylation is 1. The maximum absolute atomic E-state index is 13.1. The van der Waals surface area contributed by atoms with Gasteiger partial charge in [0, 0.05) is 18.8 Å². The highest BCUT2D eigenvalue weighted by Gasteiger charge is 2.52. The highest BCUT2D eigenvalue weighted by Crippen LogP contribution is 2.37. The molecule has 2 aliphatic heterocycles. The number of imide groups is 1. The molecule has 1 spiro atoms. The second-order valence-corrected chi connectivity index (χ2v) is 11.7. The van der Waals surface area contributed by atoms with Gasteiger partial charge in [-0.2, -0.15) is 4.31 Å². The molecule has 0 radical (unpaired) electrons. The van der Waals surface area contributed by atoms with Crippen molar-refractivity contribution in [2.45, 2.75) is 75.6 Å². The Bertz CT molecular complexity index is 1070. The lowest BCUT2D eigenvalue weighted by molar-refractivity contribution is -0.135. The zero-order valence-corrected chi connectivity index (χ0v) is 20.7. The fourth-order valence-electron chi connectivity index (χ4n) is 5.28. The number of carbonyl (C=O) groups excluding carboxylic acids is 3. The Morgan fingerprint density at radius 3 is 2.47 bits per heavy atom. The van der Waals surface area contributed by atoms with E-state index in [0.717, 1.165) is 43.4 Å². The number of benzene rings is 1. The summed E-state index contributed by atoms with van der Waals surface area (Å²) in [5.74, 6) is -0.336. The van der Waals surface area contributed by atoms with E-state index in [4.69, 9.17) is 0 Å². The lowest BCUT2D eigenvalue weighted by Crippen LogP contribution is -2.49. The van der Waals surface area contributed by atoms with Gasteiger partial charge < -0.3 is 10.6 Å². The molecule has 1 aromatic rings. The van der Waals surface area contributed by atoms with E-state index < -0.39 is 34.0 Å². The summed E-state index contributed by atoms with van der Waals surface area (Å²) in [5.41, 5.74) is 0.0152. The van der Waals surface area contributed by atoms with Gasteiger partial charge in [0.2, 0.25) is 15.9 Å². The number of rotatable bonds is 6. The van der Waals surface area contributed by atoms with E-state index in [1.165, 1.54) is 10.4 Å². The van der Waals surface area contributed by atoms with Crippen LogP contribution in [0.15, 0.2) is 23.1 Å². The van der Waals surface area contributed by atoms with Gasteiger partial charge in [0.15, 0.2) is 0 Å². The van der Waals surface area contributed by atoms with Gasteiger partial charge in [-0.15, -0.1) is 0 Å². The number of amides is 4. The molecule has 0 bridgehead atoms. The van der Waals surface area contributed by atoms with Gasteiger partial charge in [-0.3, -0.25) is 14.5 Å². The van der Waals surface area contributed by atoms with Crippen LogP contribution in [-0.2, 0) is 19.6 Å². The number of piperidine rings is 1. The van der Waals surface area contributed by atoms with Crippen molar-refractivity contribution in [3.8, 4) is 0 Å². The normalized spacial score (nSPS) is 26.1. The number of nitrogens with zero attached hydrogens (tertiary/aromatic N) is 2. The topological polar surface area (TPSA) is 116 Å². The number of carbonyl (C=O) groups is 3. The van der Waals surface area contributed by atoms with Crippen molar-refractivity contribution in [1.82, 2.24) is 14.5 Å². The van der Waals surface area contributed by atoms with Crippen molar-refractivity contribution in [1.29, 1.82) is 0 Å². The molecule has 2 N–H and O–H groups in total. The first-order chi connectivity index (χ1) is 16.2. The second-order valence-electron chi connectivity index (χ2n) is 9.75. The van der Waals surface area contributed by atoms with Crippen LogP contribution in [0.2, 0.25) is 0 Å². The van der Waals surface area contributed by atoms with Gasteiger partial charge in [-0.25, -0.2) is 13.2 Å². The van der Waals surface area contributed by atoms with Crippen molar-refractivity contribution < 1.29 is 22.8 Å². The maximum Gasteiger partial charge on any atom is 0.325 e. The molecule has 9 nitrogen and oxygen atoms in total. The van der Waals surface area contributed by atoms with E-state index in [1.54, 1.807) is 19.1 Å². The van der Waals surface area contributed by atoms with Crippen LogP contribution in [0.25, 0.3) is 0 Å². The summed E-state index contributed by atoms with van der Waals surface area (Å²) >= 11 is 0. The van der Waals surface area contributed by atoms with E-state index in [2.05, 4.69) is 17.6 Å². The van der Waals surface area contributed by atoms with Gasteiger partial charge in [-0.1, -0.05) is 25.8 Å². The van der Waals surface area contributed by atoms with E-state index in [0.29, 0.717) is 43.1 Å². The number of sulfonamides is 1. The van der Waals surface area contributed by atoms with E-state index in [-0.39, 0.29) is 10.8 Å². The van der Waals surface area contributed by atoms with E-state index in [9.17, 15) is 22.8 Å². The summed E-state index contributed by atoms with van der Waals surface area (Å²) in [6.45, 7) is 4.42. The smallest absolute Gasteiger partial charge is 0.324 e. The monoisotopic (exact) mass is 490 g/mol. The van der Waals surface area contributed by atoms with Crippen LogP contribution in [0.3, 0.4) is 0 Å². The Balaban J connectivity index is 1.44. The van der Waals surface area contributed by atoms with Crippen LogP contribution in [-0.4, -0.2) is 60.6 Å². The Labute approximate surface area is 201 Å². The van der Waals surface area contributed by atoms with Crippen LogP contribution in [0.5, 0.6) is 0 Å². The predicted molar refractivity (Wildman–Crippen MR) is 128 cm³/mol. The molecule has 3 fully saturated rings. The molecule has 4 rings (SSSR count). The number of hydrogen-bond donors (Lipinski definition) is 2. The lowest BCUT2D eigenvalue weighted by Gasteiger charge is -2.34. The Kier molecular flexibility index (Phi) is 7.00. The molecule has 34 heavy (non-hydrogen) atoms. The minimum absolute atomic E-state index is 0.161. The van der Waals surface area contributed by atoms with Crippen LogP contribution >= 0.6 is 0 Å². The number of hydrogen-bond acceptors (Lipinski definition) is 5. The molecule has 4 amide bonds. The molecular weight excluding hydrogens is 456 g/mol. The van der Waals surface area contributed by atoms with Gasteiger partial charge in [0.05, 0.1) is 4.90 Å². The number of anilines is 1. The van der Waals surface area contributed by atoms with Crippen molar-refractivity contribution in [3.05, 3.63) is 23.8 Å². The molecule has 0 unspecified atom stereocenters. The zero-order valence-electron chi connectivity index (χ0n) is 19.9. The van der Waals surface area contributed by atoms with Crippen LogP contribution < -0.4 is 10.6 Å². The fourth-order valence-corrected chi connectivity index (χ4v) is 7.05. The van der Waals surface area contributed by atoms with E-state index in [1.807, 2.05) is 0 Å². The van der Waals surface area contributed by atoms with Crippen molar-refractivity contribution >= 4 is 33.6 Å². The molecule has 0 atom stereocenters. The Morgan fingerprint density at radius 1 is 1.15 bits per heavy atom. The highest BCUT2D eigenvalue weighted by molar-refractivity contribution is 7.89. The number of nitrogens with one attached hydrogen (secondary N) is 2. The standard InChI is InChI=1S/C24H34N4O5S/c1-3-18-9-11-24(12-10-18)22(30)28(23(31)26-24)16-21(29)25-19-8-7-17(2)20(15-19)34(32,33)27-13-5-4-6-14-27/h7-8,15,18H,3-6,9-14,16H2,1-2H3,(H,25,29)(H,26,31). The summed E-state index contributed by atoms with van der Waals surface area (Å²) in [5, 5.41) is 5.49. The zero-order chi connectivity index (χ0) is 24.5. The summed E-state index contributed by atoms with van der Waals surface area (Å²) < 4.78 is 27.8. The van der Waals surface area contributed by atoms with E-state index >= 15 is 0 Å². The summed E-state index contributed by atoms with van der Waals surface area (Å²) in [6.07, 6.45) is 6.66. The molecule has 3 aliphatic rings. The van der Waals surface area contributed by atoms with Crippen LogP contribution in [0.4, 0.5) is 10.5 Å². The third-order valence-corrected chi connectivity index (χ3v) is 9.53. The van der Waals surface area contributed by atoms with Crippen LogP contribution in [0.1, 0.15) is 63.9 Å². The largest absolute Gasteiger partial charge is 0.325 e. The first kappa shape index (κ1) is 24.7. The first-order valence-corrected chi connectivity index (χ1v) is 13.6. The quantitative estimate of drug-likeness (QED) is 0.595. The highest BCUT2D eigenvalue weighted by atomic mass is 32.2. The summed E-state index contributed by atoms with van der Waals surface area (Å²) in [7, 11) is -3.66. The summed E-state index contributed by atoms with van der Waals surface area (Å²) in [6, 6.07) is 4.19. The number of urea groups is 1. The third-order valence-electron chi connectivity index (χ3n) is 7.49. The fraction of sp³-hybridized carbons (Fsp3) is 0.625. The van der Waals surface area contributed by atoms with Crippen molar-refractivity contribution in [3.63, 3.8) is 0 Å². The Morgan fingerprint density at radius 2 is 1.82 bits per heavy atom. The molecule has 2 saturated heterocycles. The predicted octanol–water partition coefficient (Wildman–Crippen LogP) is 3.00. The summed E-state index contributed by atoms with van der Waals surface area (Å²) in [4.78, 5) is 39.5. The maximum atomic E-state index is 13.1. The SMILES string of the molecule is CCC1CCC2(CC1)NC(=O)N(CC(=O)Nc1ccc(C)c(S(=O)(=O)N3CCCCC3)c1)C2=O. The van der Waals surface area contributed by atoms with Crippen molar-refractivity contribution in [2.75, 3.05) is 25.0 Å². The molecule has 0 aromatic heterocycles. The Hall–Kier alpha value is -2.46. The average molecular weight is 491 g/mol. The second kappa shape index (κ2) is 9.65.